The average molecular weight is 681 g/mol. The van der Waals surface area contributed by atoms with Gasteiger partial charge in [0, 0.05) is 38.1 Å². The van der Waals surface area contributed by atoms with Crippen molar-refractivity contribution in [2.75, 3.05) is 41.5 Å². The lowest BCUT2D eigenvalue weighted by Gasteiger charge is -2.37. The summed E-state index contributed by atoms with van der Waals surface area (Å²) >= 11 is 0. The highest BCUT2D eigenvalue weighted by Crippen LogP contribution is 2.43. The van der Waals surface area contributed by atoms with E-state index in [1.807, 2.05) is 58.3 Å². The summed E-state index contributed by atoms with van der Waals surface area (Å²) in [5.41, 5.74) is 6.86. The van der Waals surface area contributed by atoms with Gasteiger partial charge in [-0.05, 0) is 108 Å². The fourth-order valence-corrected chi connectivity index (χ4v) is 7.55. The minimum atomic E-state index is -0.270. The van der Waals surface area contributed by atoms with Gasteiger partial charge in [-0.3, -0.25) is 9.59 Å². The summed E-state index contributed by atoms with van der Waals surface area (Å²) in [4.78, 5) is 29.4. The zero-order chi connectivity index (χ0) is 35.7. The van der Waals surface area contributed by atoms with Crippen LogP contribution in [0.1, 0.15) is 59.3 Å². The summed E-state index contributed by atoms with van der Waals surface area (Å²) in [7, 11) is 6.40. The second-order valence-corrected chi connectivity index (χ2v) is 12.9. The molecular formula is C40H44N2O8. The Bertz CT molecular complexity index is 1800. The number of carbonyl (C=O) groups excluding carboxylic acids is 2. The van der Waals surface area contributed by atoms with E-state index < -0.39 is 0 Å². The van der Waals surface area contributed by atoms with Crippen molar-refractivity contribution < 1.29 is 38.7 Å². The normalized spacial score (nSPS) is 16.7. The Hall–Kier alpha value is -5.38. The second-order valence-electron chi connectivity index (χ2n) is 12.9. The minimum absolute atomic E-state index is 0.0188. The molecule has 2 aliphatic heterocycles. The first-order valence-corrected chi connectivity index (χ1v) is 16.7. The van der Waals surface area contributed by atoms with Gasteiger partial charge in [0.2, 0.25) is 11.8 Å². The number of carbonyl (C=O) groups is 2. The predicted octanol–water partition coefficient (Wildman–Crippen LogP) is 6.18. The van der Waals surface area contributed by atoms with Gasteiger partial charge in [-0.15, -0.1) is 0 Å². The number of amides is 2. The van der Waals surface area contributed by atoms with Crippen LogP contribution in [0.4, 0.5) is 0 Å². The first kappa shape index (κ1) is 34.5. The van der Waals surface area contributed by atoms with Gasteiger partial charge >= 0.3 is 0 Å². The Labute approximate surface area is 292 Å². The monoisotopic (exact) mass is 680 g/mol. The lowest BCUT2D eigenvalue weighted by atomic mass is 9.86. The zero-order valence-corrected chi connectivity index (χ0v) is 29.4. The van der Waals surface area contributed by atoms with Crippen molar-refractivity contribution in [3.63, 3.8) is 0 Å². The largest absolute Gasteiger partial charge is 0.507 e. The third-order valence-corrected chi connectivity index (χ3v) is 10.1. The van der Waals surface area contributed by atoms with Crippen molar-refractivity contribution in [1.29, 1.82) is 0 Å². The Morgan fingerprint density at radius 1 is 0.600 bits per heavy atom. The van der Waals surface area contributed by atoms with E-state index in [0.29, 0.717) is 72.9 Å². The van der Waals surface area contributed by atoms with Crippen LogP contribution in [-0.2, 0) is 35.3 Å². The number of hydrogen-bond donors (Lipinski definition) is 2. The highest BCUT2D eigenvalue weighted by Gasteiger charge is 2.33. The number of aromatic hydroxyl groups is 2. The van der Waals surface area contributed by atoms with Crippen molar-refractivity contribution in [2.24, 2.45) is 0 Å². The topological polar surface area (TPSA) is 118 Å². The molecule has 10 nitrogen and oxygen atoms in total. The van der Waals surface area contributed by atoms with Crippen LogP contribution in [0.3, 0.4) is 0 Å². The van der Waals surface area contributed by atoms with Crippen molar-refractivity contribution in [3.05, 3.63) is 94.0 Å². The van der Waals surface area contributed by atoms with E-state index in [0.717, 1.165) is 33.4 Å². The van der Waals surface area contributed by atoms with E-state index in [2.05, 4.69) is 0 Å². The molecule has 2 amide bonds. The summed E-state index contributed by atoms with van der Waals surface area (Å²) in [6.45, 7) is 4.29. The van der Waals surface area contributed by atoms with Gasteiger partial charge in [-0.2, -0.15) is 0 Å². The predicted molar refractivity (Wildman–Crippen MR) is 189 cm³/mol. The summed E-state index contributed by atoms with van der Waals surface area (Å²) in [6, 6.07) is 18.0. The van der Waals surface area contributed by atoms with Crippen LogP contribution in [0.5, 0.6) is 34.5 Å². The van der Waals surface area contributed by atoms with Gasteiger partial charge in [0.25, 0.3) is 0 Å². The lowest BCUT2D eigenvalue weighted by molar-refractivity contribution is -0.132. The van der Waals surface area contributed by atoms with Crippen LogP contribution in [0.2, 0.25) is 0 Å². The van der Waals surface area contributed by atoms with E-state index in [4.69, 9.17) is 18.9 Å². The van der Waals surface area contributed by atoms with Gasteiger partial charge in [-0.25, -0.2) is 0 Å². The molecule has 10 heteroatoms. The molecule has 0 saturated heterocycles. The Kier molecular flexibility index (Phi) is 9.81. The Morgan fingerprint density at radius 2 is 0.960 bits per heavy atom. The number of benzene rings is 4. The van der Waals surface area contributed by atoms with E-state index in [1.54, 1.807) is 54.4 Å². The van der Waals surface area contributed by atoms with E-state index in [-0.39, 0.29) is 35.4 Å². The molecule has 2 atom stereocenters. The van der Waals surface area contributed by atoms with E-state index in [9.17, 15) is 19.8 Å². The van der Waals surface area contributed by atoms with Crippen LogP contribution in [0.15, 0.2) is 60.7 Å². The SMILES string of the molecule is COc1cc2c(cc1OC)[C@@H](Cc1ccc(O)c(-c3cc(C[C@H]4c5cc(OC)c(OC)cc5CCN4C(C)=O)ccc3O)c1)N(C(C)=O)CC2. The molecule has 2 heterocycles. The maximum Gasteiger partial charge on any atom is 0.219 e. The standard InChI is InChI=1S/C40H44N2O8/c1-23(43)41-13-11-27-19-37(47-3)39(49-5)21-29(27)33(41)17-25-7-9-35(45)31(15-25)32-16-26(8-10-36(32)46)18-34-30-22-40(50-6)38(48-4)20-28(30)12-14-42(34)24(2)44/h7-10,15-16,19-22,33-34,45-46H,11-14,17-18H2,1-6H3/t33-,34+. The quantitative estimate of drug-likeness (QED) is 0.216. The Balaban J connectivity index is 1.36. The molecule has 2 aliphatic rings. The number of hydrogen-bond acceptors (Lipinski definition) is 8. The maximum absolute atomic E-state index is 12.8. The van der Waals surface area contributed by atoms with Gasteiger partial charge in [-0.1, -0.05) is 12.1 Å². The summed E-state index contributed by atoms with van der Waals surface area (Å²) in [6.07, 6.45) is 2.35. The molecule has 0 saturated carbocycles. The maximum atomic E-state index is 12.8. The minimum Gasteiger partial charge on any atom is -0.507 e. The van der Waals surface area contributed by atoms with Crippen LogP contribution >= 0.6 is 0 Å². The fourth-order valence-electron chi connectivity index (χ4n) is 7.55. The number of phenolic OH excluding ortho intramolecular Hbond substituents is 2. The molecule has 4 aromatic carbocycles. The van der Waals surface area contributed by atoms with Gasteiger partial charge in [0.05, 0.1) is 40.5 Å². The van der Waals surface area contributed by atoms with Gasteiger partial charge in [0.15, 0.2) is 23.0 Å². The third-order valence-electron chi connectivity index (χ3n) is 10.1. The summed E-state index contributed by atoms with van der Waals surface area (Å²) in [5, 5.41) is 22.2. The van der Waals surface area contributed by atoms with Gasteiger partial charge in [0.1, 0.15) is 11.5 Å². The molecule has 0 aliphatic carbocycles. The molecule has 0 radical (unpaired) electrons. The number of fused-ring (bicyclic) bond motifs is 2. The molecule has 6 rings (SSSR count). The van der Waals surface area contributed by atoms with Crippen LogP contribution in [-0.4, -0.2) is 73.4 Å². The fraction of sp³-hybridized carbons (Fsp3) is 0.350. The molecule has 0 unspecified atom stereocenters. The number of ether oxygens (including phenoxy) is 4. The van der Waals surface area contributed by atoms with Gasteiger partial charge < -0.3 is 39.0 Å². The van der Waals surface area contributed by atoms with Crippen molar-refractivity contribution in [3.8, 4) is 45.6 Å². The molecule has 0 spiro atoms. The van der Waals surface area contributed by atoms with Crippen LogP contribution in [0, 0.1) is 0 Å². The highest BCUT2D eigenvalue weighted by atomic mass is 16.5. The molecular weight excluding hydrogens is 636 g/mol. The first-order valence-electron chi connectivity index (χ1n) is 16.7. The van der Waals surface area contributed by atoms with Crippen molar-refractivity contribution in [2.45, 2.75) is 51.6 Å². The van der Waals surface area contributed by atoms with E-state index in [1.165, 1.54) is 0 Å². The number of nitrogens with zero attached hydrogens (tertiary/aromatic N) is 2. The average Bonchev–Trinajstić information content (AvgIpc) is 3.11. The molecule has 0 bridgehead atoms. The molecule has 262 valence electrons. The second kappa shape index (κ2) is 14.2. The summed E-state index contributed by atoms with van der Waals surface area (Å²) in [5.74, 6) is 2.46. The van der Waals surface area contributed by atoms with E-state index >= 15 is 0 Å². The summed E-state index contributed by atoms with van der Waals surface area (Å²) < 4.78 is 22.3. The van der Waals surface area contributed by atoms with Crippen molar-refractivity contribution >= 4 is 11.8 Å². The number of phenols is 2. The zero-order valence-electron chi connectivity index (χ0n) is 29.4. The molecule has 0 aromatic heterocycles. The number of rotatable bonds is 9. The molecule has 2 N–H and O–H groups in total. The molecule has 50 heavy (non-hydrogen) atoms. The van der Waals surface area contributed by atoms with Crippen molar-refractivity contribution in [1.82, 2.24) is 9.80 Å². The van der Waals surface area contributed by atoms with Crippen LogP contribution < -0.4 is 18.9 Å². The Morgan fingerprint density at radius 3 is 1.30 bits per heavy atom. The first-order chi connectivity index (χ1) is 24.1. The molecule has 4 aromatic rings. The van der Waals surface area contributed by atoms with Crippen LogP contribution in [0.25, 0.3) is 11.1 Å². The smallest absolute Gasteiger partial charge is 0.219 e. The third kappa shape index (κ3) is 6.49. The lowest BCUT2D eigenvalue weighted by Crippen LogP contribution is -2.39. The molecule has 0 fully saturated rings. The highest BCUT2D eigenvalue weighted by molar-refractivity contribution is 5.78. The number of methoxy groups -OCH3 is 4.